The molecule has 0 saturated carbocycles. The van der Waals surface area contributed by atoms with E-state index in [-0.39, 0.29) is 16.9 Å². The van der Waals surface area contributed by atoms with Crippen molar-refractivity contribution in [3.05, 3.63) is 71.7 Å². The number of anilines is 1. The number of ether oxygens (including phenoxy) is 1. The second kappa shape index (κ2) is 7.27. The van der Waals surface area contributed by atoms with E-state index in [1.807, 2.05) is 12.1 Å². The van der Waals surface area contributed by atoms with Gasteiger partial charge in [-0.3, -0.25) is 9.59 Å². The van der Waals surface area contributed by atoms with Gasteiger partial charge in [0.25, 0.3) is 11.1 Å². The Morgan fingerprint density at radius 2 is 1.76 bits per heavy atom. The van der Waals surface area contributed by atoms with Gasteiger partial charge in [0.1, 0.15) is 18.1 Å². The van der Waals surface area contributed by atoms with Crippen molar-refractivity contribution in [2.75, 3.05) is 11.5 Å². The molecule has 0 unspecified atom stereocenters. The van der Waals surface area contributed by atoms with Crippen molar-refractivity contribution in [1.82, 2.24) is 0 Å². The quantitative estimate of drug-likeness (QED) is 0.645. The molecule has 1 heterocycles. The van der Waals surface area contributed by atoms with Crippen LogP contribution < -0.4 is 9.64 Å². The van der Waals surface area contributed by atoms with Crippen molar-refractivity contribution in [3.63, 3.8) is 0 Å². The molecule has 2 aromatic rings. The van der Waals surface area contributed by atoms with E-state index in [1.54, 1.807) is 24.3 Å². The van der Waals surface area contributed by atoms with Crippen LogP contribution in [-0.4, -0.2) is 22.9 Å². The van der Waals surface area contributed by atoms with E-state index in [9.17, 15) is 14.7 Å². The maximum atomic E-state index is 12.5. The van der Waals surface area contributed by atoms with Crippen molar-refractivity contribution < 1.29 is 19.4 Å². The van der Waals surface area contributed by atoms with Gasteiger partial charge < -0.3 is 9.84 Å². The molecule has 0 aliphatic carbocycles. The molecule has 5 nitrogen and oxygen atoms in total. The predicted octanol–water partition coefficient (Wildman–Crippen LogP) is 4.20. The van der Waals surface area contributed by atoms with Crippen LogP contribution in [0.3, 0.4) is 0 Å². The monoisotopic (exact) mass is 353 g/mol. The number of nitrogens with zero attached hydrogens (tertiary/aromatic N) is 1. The molecule has 3 rings (SSSR count). The van der Waals surface area contributed by atoms with Gasteiger partial charge in [0.2, 0.25) is 0 Å². The lowest BCUT2D eigenvalue weighted by Gasteiger charge is -2.12. The smallest absolute Gasteiger partial charge is 0.298 e. The molecule has 126 valence electrons. The van der Waals surface area contributed by atoms with E-state index in [0.717, 1.165) is 22.2 Å². The van der Waals surface area contributed by atoms with Gasteiger partial charge in [0.15, 0.2) is 0 Å². The highest BCUT2D eigenvalue weighted by Gasteiger charge is 2.36. The van der Waals surface area contributed by atoms with Gasteiger partial charge in [-0.1, -0.05) is 24.8 Å². The van der Waals surface area contributed by atoms with E-state index in [4.69, 9.17) is 4.74 Å². The zero-order valence-corrected chi connectivity index (χ0v) is 14.0. The number of rotatable bonds is 5. The average molecular weight is 353 g/mol. The summed E-state index contributed by atoms with van der Waals surface area (Å²) in [7, 11) is 0. The Labute approximate surface area is 149 Å². The standard InChI is InChI=1S/C19H15NO4S/c1-2-11-24-16-9-3-13(4-10-16)12-17-18(22)20(19(23)25-17)14-5-7-15(21)8-6-14/h2-10,12,21H,1,11H2/b17-12-. The maximum absolute atomic E-state index is 12.5. The third-order valence-corrected chi connectivity index (χ3v) is 4.32. The minimum Gasteiger partial charge on any atom is -0.508 e. The number of benzene rings is 2. The Morgan fingerprint density at radius 1 is 1.08 bits per heavy atom. The fraction of sp³-hybridized carbons (Fsp3) is 0.0526. The molecule has 1 fully saturated rings. The molecule has 0 atom stereocenters. The number of carbonyl (C=O) groups is 2. The second-order valence-corrected chi connectivity index (χ2v) is 6.20. The van der Waals surface area contributed by atoms with Crippen LogP contribution in [0.15, 0.2) is 66.1 Å². The lowest BCUT2D eigenvalue weighted by molar-refractivity contribution is -0.113. The summed E-state index contributed by atoms with van der Waals surface area (Å²) in [6, 6.07) is 13.1. The van der Waals surface area contributed by atoms with Gasteiger partial charge in [-0.25, -0.2) is 4.90 Å². The number of imide groups is 1. The zero-order valence-electron chi connectivity index (χ0n) is 13.2. The fourth-order valence-electron chi connectivity index (χ4n) is 2.26. The first-order valence-corrected chi connectivity index (χ1v) is 8.31. The summed E-state index contributed by atoms with van der Waals surface area (Å²) in [5.74, 6) is 0.395. The normalized spacial score (nSPS) is 15.7. The summed E-state index contributed by atoms with van der Waals surface area (Å²) < 4.78 is 5.41. The van der Waals surface area contributed by atoms with E-state index < -0.39 is 0 Å². The average Bonchev–Trinajstić information content (AvgIpc) is 2.89. The first kappa shape index (κ1) is 16.9. The summed E-state index contributed by atoms with van der Waals surface area (Å²) in [5, 5.41) is 8.97. The summed E-state index contributed by atoms with van der Waals surface area (Å²) in [5.41, 5.74) is 1.22. The highest BCUT2D eigenvalue weighted by atomic mass is 32.2. The Balaban J connectivity index is 1.80. The molecule has 2 aromatic carbocycles. The first-order chi connectivity index (χ1) is 12.1. The lowest BCUT2D eigenvalue weighted by atomic mass is 10.2. The minimum atomic E-state index is -0.382. The first-order valence-electron chi connectivity index (χ1n) is 7.49. The summed E-state index contributed by atoms with van der Waals surface area (Å²) in [4.78, 5) is 26.1. The van der Waals surface area contributed by atoms with Crippen molar-refractivity contribution >= 4 is 34.7 Å². The Morgan fingerprint density at radius 3 is 2.40 bits per heavy atom. The lowest BCUT2D eigenvalue weighted by Crippen LogP contribution is -2.27. The van der Waals surface area contributed by atoms with Crippen LogP contribution in [0.2, 0.25) is 0 Å². The number of carbonyl (C=O) groups excluding carboxylic acids is 2. The molecule has 0 aromatic heterocycles. The number of thioether (sulfide) groups is 1. The molecule has 1 N–H and O–H groups in total. The SMILES string of the molecule is C=CCOc1ccc(/C=C2\SC(=O)N(c3ccc(O)cc3)C2=O)cc1. The zero-order chi connectivity index (χ0) is 17.8. The van der Waals surface area contributed by atoms with E-state index in [1.165, 1.54) is 24.3 Å². The largest absolute Gasteiger partial charge is 0.508 e. The molecule has 0 bridgehead atoms. The molecular formula is C19H15NO4S. The van der Waals surface area contributed by atoms with Gasteiger partial charge >= 0.3 is 0 Å². The predicted molar refractivity (Wildman–Crippen MR) is 98.7 cm³/mol. The Kier molecular flexibility index (Phi) is 4.90. The number of phenols is 1. The van der Waals surface area contributed by atoms with Gasteiger partial charge in [-0.15, -0.1) is 0 Å². The molecular weight excluding hydrogens is 338 g/mol. The number of amides is 2. The van der Waals surface area contributed by atoms with E-state index in [0.29, 0.717) is 22.9 Å². The van der Waals surface area contributed by atoms with Gasteiger partial charge in [-0.05, 0) is 59.8 Å². The van der Waals surface area contributed by atoms with Crippen molar-refractivity contribution in [2.45, 2.75) is 0 Å². The van der Waals surface area contributed by atoms with Crippen molar-refractivity contribution in [3.8, 4) is 11.5 Å². The second-order valence-electron chi connectivity index (χ2n) is 5.20. The molecule has 1 saturated heterocycles. The third kappa shape index (κ3) is 3.75. The van der Waals surface area contributed by atoms with Crippen LogP contribution in [-0.2, 0) is 4.79 Å². The molecule has 0 spiro atoms. The van der Waals surface area contributed by atoms with Crippen LogP contribution in [0.25, 0.3) is 6.08 Å². The van der Waals surface area contributed by atoms with Crippen LogP contribution in [0, 0.1) is 0 Å². The van der Waals surface area contributed by atoms with Crippen LogP contribution in [0.1, 0.15) is 5.56 Å². The highest BCUT2D eigenvalue weighted by molar-refractivity contribution is 8.19. The fourth-order valence-corrected chi connectivity index (χ4v) is 3.10. The molecule has 1 aliphatic heterocycles. The Hall–Kier alpha value is -2.99. The molecule has 0 radical (unpaired) electrons. The minimum absolute atomic E-state index is 0.0741. The molecule has 2 amide bonds. The molecule has 6 heteroatoms. The summed E-state index contributed by atoms with van der Waals surface area (Å²) in [6.45, 7) is 4.01. The van der Waals surface area contributed by atoms with E-state index >= 15 is 0 Å². The third-order valence-electron chi connectivity index (χ3n) is 3.45. The van der Waals surface area contributed by atoms with Gasteiger partial charge in [-0.2, -0.15) is 0 Å². The number of hydrogen-bond donors (Lipinski definition) is 1. The number of hydrogen-bond acceptors (Lipinski definition) is 5. The van der Waals surface area contributed by atoms with E-state index in [2.05, 4.69) is 6.58 Å². The molecule has 25 heavy (non-hydrogen) atoms. The van der Waals surface area contributed by atoms with Crippen LogP contribution >= 0.6 is 11.8 Å². The topological polar surface area (TPSA) is 66.8 Å². The Bertz CT molecular complexity index is 841. The maximum Gasteiger partial charge on any atom is 0.298 e. The molecule has 1 aliphatic rings. The van der Waals surface area contributed by atoms with Gasteiger partial charge in [0, 0.05) is 0 Å². The summed E-state index contributed by atoms with van der Waals surface area (Å²) >= 11 is 0.885. The number of aromatic hydroxyl groups is 1. The summed E-state index contributed by atoms with van der Waals surface area (Å²) in [6.07, 6.45) is 3.33. The van der Waals surface area contributed by atoms with Crippen LogP contribution in [0.5, 0.6) is 11.5 Å². The van der Waals surface area contributed by atoms with Gasteiger partial charge in [0.05, 0.1) is 10.6 Å². The number of phenolic OH excluding ortho intramolecular Hbond substituents is 1. The highest BCUT2D eigenvalue weighted by Crippen LogP contribution is 2.36. The van der Waals surface area contributed by atoms with Crippen molar-refractivity contribution in [1.29, 1.82) is 0 Å². The van der Waals surface area contributed by atoms with Crippen molar-refractivity contribution in [2.24, 2.45) is 0 Å². The van der Waals surface area contributed by atoms with Crippen LogP contribution in [0.4, 0.5) is 10.5 Å².